The lowest BCUT2D eigenvalue weighted by molar-refractivity contribution is -0.177. The minimum atomic E-state index is -1.98. The molecule has 5 atom stereocenters. The van der Waals surface area contributed by atoms with E-state index in [0.717, 1.165) is 35.1 Å². The maximum absolute atomic E-state index is 7.56. The van der Waals surface area contributed by atoms with Crippen LogP contribution in [0.5, 0.6) is 0 Å². The third kappa shape index (κ3) is 6.01. The topological polar surface area (TPSA) is 46.2 Å². The minimum absolute atomic E-state index is 0.00503. The molecule has 3 aliphatic rings. The summed E-state index contributed by atoms with van der Waals surface area (Å²) >= 11 is 0. The summed E-state index contributed by atoms with van der Waals surface area (Å²) < 4.78 is 36.6. The fourth-order valence-corrected chi connectivity index (χ4v) is 9.73. The van der Waals surface area contributed by atoms with E-state index in [1.807, 2.05) is 38.1 Å². The highest BCUT2D eigenvalue weighted by molar-refractivity contribution is 7.41. The molecule has 0 aromatic heterocycles. The first-order valence-corrected chi connectivity index (χ1v) is 18.3. The molecule has 5 nitrogen and oxygen atoms in total. The molecule has 246 valence electrons. The molecule has 4 aromatic carbocycles. The van der Waals surface area contributed by atoms with Crippen LogP contribution in [-0.4, -0.2) is 24.1 Å². The molecular weight excluding hydrogens is 603 g/mol. The maximum atomic E-state index is 7.56. The molecule has 0 radical (unpaired) electrons. The maximum Gasteiger partial charge on any atom is 0.335 e. The van der Waals surface area contributed by atoms with Crippen LogP contribution in [0, 0.1) is 17.8 Å². The van der Waals surface area contributed by atoms with Crippen molar-refractivity contribution in [1.29, 1.82) is 0 Å². The Morgan fingerprint density at radius 1 is 0.617 bits per heavy atom. The number of ether oxygens (including phenoxy) is 2. The highest BCUT2D eigenvalue weighted by Gasteiger charge is 2.67. The Morgan fingerprint density at radius 3 is 1.36 bits per heavy atom. The fraction of sp³-hybridized carbons (Fsp3) is 0.415. The Morgan fingerprint density at radius 2 is 1.00 bits per heavy atom. The molecule has 6 heteroatoms. The highest BCUT2D eigenvalue weighted by atomic mass is 31.2. The van der Waals surface area contributed by atoms with E-state index in [4.69, 9.17) is 23.0 Å². The van der Waals surface area contributed by atoms with Crippen LogP contribution in [0.15, 0.2) is 121 Å². The van der Waals surface area contributed by atoms with Crippen LogP contribution >= 0.6 is 8.60 Å². The summed E-state index contributed by atoms with van der Waals surface area (Å²) in [5.74, 6) is 0.515. The Bertz CT molecular complexity index is 1410. The summed E-state index contributed by atoms with van der Waals surface area (Å²) in [5, 5.41) is 0. The molecule has 1 aliphatic carbocycles. The zero-order valence-corrected chi connectivity index (χ0v) is 29.0. The van der Waals surface area contributed by atoms with Gasteiger partial charge in [0.15, 0.2) is 17.0 Å². The van der Waals surface area contributed by atoms with Crippen LogP contribution in [-0.2, 0) is 34.2 Å². The second-order valence-corrected chi connectivity index (χ2v) is 15.3. The molecule has 0 spiro atoms. The third-order valence-corrected chi connectivity index (χ3v) is 11.6. The Hall–Kier alpha value is -2.89. The molecule has 2 heterocycles. The molecule has 2 saturated heterocycles. The van der Waals surface area contributed by atoms with Gasteiger partial charge in [-0.05, 0) is 66.7 Å². The van der Waals surface area contributed by atoms with Gasteiger partial charge in [-0.2, -0.15) is 0 Å². The summed E-state index contributed by atoms with van der Waals surface area (Å²) in [6, 6.07) is 41.7. The quantitative estimate of drug-likeness (QED) is 0.186. The van der Waals surface area contributed by atoms with Gasteiger partial charge in [-0.3, -0.25) is 9.05 Å². The van der Waals surface area contributed by atoms with Gasteiger partial charge in [0.25, 0.3) is 0 Å². The van der Waals surface area contributed by atoms with Crippen molar-refractivity contribution in [2.45, 2.75) is 89.2 Å². The summed E-state index contributed by atoms with van der Waals surface area (Å²) in [6.07, 6.45) is 2.08. The predicted octanol–water partition coefficient (Wildman–Crippen LogP) is 10.1. The lowest BCUT2D eigenvalue weighted by Crippen LogP contribution is -2.53. The average molecular weight is 651 g/mol. The van der Waals surface area contributed by atoms with E-state index in [1.54, 1.807) is 0 Å². The molecule has 47 heavy (non-hydrogen) atoms. The molecular formula is C41H47O5P. The monoisotopic (exact) mass is 650 g/mol. The van der Waals surface area contributed by atoms with Gasteiger partial charge in [-0.15, -0.1) is 0 Å². The van der Waals surface area contributed by atoms with Crippen molar-refractivity contribution in [3.05, 3.63) is 144 Å². The second-order valence-electron chi connectivity index (χ2n) is 14.3. The van der Waals surface area contributed by atoms with Crippen LogP contribution in [0.4, 0.5) is 0 Å². The van der Waals surface area contributed by atoms with E-state index in [-0.39, 0.29) is 6.10 Å². The number of fused-ring (bicyclic) bond motifs is 1. The minimum Gasteiger partial charge on any atom is -0.341 e. The molecule has 0 bridgehead atoms. The van der Waals surface area contributed by atoms with E-state index in [2.05, 4.69) is 118 Å². The van der Waals surface area contributed by atoms with Crippen LogP contribution < -0.4 is 0 Å². The van der Waals surface area contributed by atoms with Gasteiger partial charge >= 0.3 is 8.60 Å². The zero-order chi connectivity index (χ0) is 32.6. The fourth-order valence-electron chi connectivity index (χ4n) is 8.05. The van der Waals surface area contributed by atoms with Crippen molar-refractivity contribution < 1.29 is 23.0 Å². The summed E-state index contributed by atoms with van der Waals surface area (Å²) in [6.45, 7) is 10.9. The van der Waals surface area contributed by atoms with Crippen LogP contribution in [0.25, 0.3) is 0 Å². The third-order valence-electron chi connectivity index (χ3n) is 10.3. The van der Waals surface area contributed by atoms with Gasteiger partial charge in [0.1, 0.15) is 12.2 Å². The van der Waals surface area contributed by atoms with E-state index in [9.17, 15) is 0 Å². The van der Waals surface area contributed by atoms with Gasteiger partial charge in [0.05, 0.1) is 6.10 Å². The van der Waals surface area contributed by atoms with Gasteiger partial charge in [0.2, 0.25) is 0 Å². The van der Waals surface area contributed by atoms with Crippen molar-refractivity contribution in [3.63, 3.8) is 0 Å². The molecule has 7 rings (SSSR count). The SMILES string of the molecule is CC1CCC(C(C)C)C(OP2OC(c3ccccc3)(c3ccccc3)C3OC(C)(C)OC3C(c3ccccc3)(c3ccccc3)O2)C1. The molecule has 0 amide bonds. The lowest BCUT2D eigenvalue weighted by atomic mass is 9.72. The van der Waals surface area contributed by atoms with Crippen molar-refractivity contribution in [1.82, 2.24) is 0 Å². The molecule has 2 aliphatic heterocycles. The zero-order valence-electron chi connectivity index (χ0n) is 28.1. The lowest BCUT2D eigenvalue weighted by Gasteiger charge is -2.42. The molecule has 1 saturated carbocycles. The van der Waals surface area contributed by atoms with Crippen LogP contribution in [0.2, 0.25) is 0 Å². The number of benzene rings is 4. The normalized spacial score (nSPS) is 29.6. The number of hydrogen-bond donors (Lipinski definition) is 0. The van der Waals surface area contributed by atoms with Gasteiger partial charge in [-0.1, -0.05) is 149 Å². The van der Waals surface area contributed by atoms with Gasteiger partial charge in [0, 0.05) is 0 Å². The van der Waals surface area contributed by atoms with E-state index in [1.165, 1.54) is 6.42 Å². The Kier molecular flexibility index (Phi) is 9.17. The van der Waals surface area contributed by atoms with Crippen molar-refractivity contribution in [3.8, 4) is 0 Å². The second kappa shape index (κ2) is 13.2. The van der Waals surface area contributed by atoms with Gasteiger partial charge in [-0.25, -0.2) is 0 Å². The Balaban J connectivity index is 1.51. The molecule has 3 fully saturated rings. The standard InChI is InChI=1S/C41H47O5P/c1-29(2)35-27-26-30(3)28-36(35)44-47-45-40(31-18-10-6-11-19-31,32-20-12-7-13-21-32)37-38(43-39(4,5)42-37)41(46-47,33-22-14-8-15-23-33)34-24-16-9-17-25-34/h6-25,29-30,35-38H,26-28H2,1-5H3. The van der Waals surface area contributed by atoms with Crippen LogP contribution in [0.3, 0.4) is 0 Å². The Labute approximate surface area is 281 Å². The summed E-state index contributed by atoms with van der Waals surface area (Å²) in [4.78, 5) is 0. The summed E-state index contributed by atoms with van der Waals surface area (Å²) in [7, 11) is -1.98. The largest absolute Gasteiger partial charge is 0.341 e. The first kappa shape index (κ1) is 32.6. The van der Waals surface area contributed by atoms with Crippen molar-refractivity contribution in [2.24, 2.45) is 17.8 Å². The highest BCUT2D eigenvalue weighted by Crippen LogP contribution is 2.66. The van der Waals surface area contributed by atoms with E-state index < -0.39 is 37.8 Å². The van der Waals surface area contributed by atoms with E-state index >= 15 is 0 Å². The molecule has 0 N–H and O–H groups in total. The number of hydrogen-bond acceptors (Lipinski definition) is 5. The van der Waals surface area contributed by atoms with Gasteiger partial charge < -0.3 is 14.0 Å². The molecule has 5 unspecified atom stereocenters. The number of rotatable bonds is 7. The first-order valence-electron chi connectivity index (χ1n) is 17.2. The summed E-state index contributed by atoms with van der Waals surface area (Å²) in [5.41, 5.74) is 1.66. The first-order chi connectivity index (χ1) is 22.7. The smallest absolute Gasteiger partial charge is 0.335 e. The predicted molar refractivity (Wildman–Crippen MR) is 186 cm³/mol. The van der Waals surface area contributed by atoms with E-state index in [0.29, 0.717) is 17.8 Å². The average Bonchev–Trinajstić information content (AvgIpc) is 3.37. The van der Waals surface area contributed by atoms with Crippen molar-refractivity contribution >= 4 is 8.60 Å². The molecule has 4 aromatic rings. The van der Waals surface area contributed by atoms with Crippen molar-refractivity contribution in [2.75, 3.05) is 0 Å². The van der Waals surface area contributed by atoms with Crippen LogP contribution in [0.1, 0.15) is 76.1 Å².